The molecule has 1 rings (SSSR count). The van der Waals surface area contributed by atoms with Gasteiger partial charge in [-0.05, 0) is 11.5 Å². The van der Waals surface area contributed by atoms with Crippen LogP contribution in [-0.4, -0.2) is 22.4 Å². The fraction of sp³-hybridized carbons (Fsp3) is 0.143. The molecular weight excluding hydrogens is 226 g/mol. The van der Waals surface area contributed by atoms with Crippen LogP contribution < -0.4 is 11.1 Å². The number of nitrogens with two attached hydrogens (primary N) is 1. The van der Waals surface area contributed by atoms with Gasteiger partial charge in [-0.15, -0.1) is 0 Å². The van der Waals surface area contributed by atoms with E-state index in [4.69, 9.17) is 27.9 Å². The van der Waals surface area contributed by atoms with Crippen LogP contribution in [0.5, 0.6) is 0 Å². The number of rotatable bonds is 3. The van der Waals surface area contributed by atoms with Crippen molar-refractivity contribution in [1.82, 2.24) is 5.32 Å². The highest BCUT2D eigenvalue weighted by Gasteiger charge is 2.27. The molecular formula is C7H10ClN3O2S. The summed E-state index contributed by atoms with van der Waals surface area (Å²) in [7, 11) is -1.13. The lowest BCUT2D eigenvalue weighted by molar-refractivity contribution is -0.136. The summed E-state index contributed by atoms with van der Waals surface area (Å²) in [5.41, 5.74) is 5.08. The molecule has 2 atom stereocenters. The molecule has 5 N–H and O–H groups in total. The van der Waals surface area contributed by atoms with E-state index < -0.39 is 22.2 Å². The number of allylic oxidation sites excluding steroid dienone is 2. The van der Waals surface area contributed by atoms with E-state index in [1.807, 2.05) is 0 Å². The van der Waals surface area contributed by atoms with Gasteiger partial charge in [0.25, 0.3) is 0 Å². The average Bonchev–Trinajstić information content (AvgIpc) is 2.46. The first kappa shape index (κ1) is 10.9. The minimum absolute atomic E-state index is 0.371. The number of guanidine groups is 1. The third kappa shape index (κ3) is 2.43. The van der Waals surface area contributed by atoms with Crippen LogP contribution in [-0.2, 0) is 4.79 Å². The SMILES string of the molecule is N=C(N)NC(C(=O)O)[SH]1C=CC=C1Cl. The molecule has 0 fully saturated rings. The molecule has 1 aliphatic rings. The van der Waals surface area contributed by atoms with Gasteiger partial charge >= 0.3 is 5.97 Å². The van der Waals surface area contributed by atoms with Crippen molar-refractivity contribution in [3.63, 3.8) is 0 Å². The summed E-state index contributed by atoms with van der Waals surface area (Å²) in [4.78, 5) is 10.8. The molecule has 1 heterocycles. The molecule has 0 saturated heterocycles. The number of carboxylic acids is 1. The van der Waals surface area contributed by atoms with Gasteiger partial charge < -0.3 is 16.2 Å². The van der Waals surface area contributed by atoms with Crippen LogP contribution in [0.4, 0.5) is 0 Å². The third-order valence-corrected chi connectivity index (χ3v) is 4.28. The lowest BCUT2D eigenvalue weighted by atomic mass is 10.6. The molecule has 1 aliphatic heterocycles. The summed E-state index contributed by atoms with van der Waals surface area (Å²) in [6.07, 6.45) is 3.34. The van der Waals surface area contributed by atoms with Crippen LogP contribution >= 0.6 is 22.5 Å². The Balaban J connectivity index is 2.78. The standard InChI is InChI=1S/C7H10ClN3O2S/c8-4-2-1-3-14(4)5(6(12)13)11-7(9)10/h1-3,5,14H,(H,12,13)(H4,9,10,11). The van der Waals surface area contributed by atoms with Gasteiger partial charge in [-0.25, -0.2) is 4.79 Å². The van der Waals surface area contributed by atoms with E-state index in [0.29, 0.717) is 4.36 Å². The summed E-state index contributed by atoms with van der Waals surface area (Å²) in [5, 5.41) is 19.0. The maximum Gasteiger partial charge on any atom is 0.335 e. The van der Waals surface area contributed by atoms with Gasteiger partial charge in [-0.3, -0.25) is 5.41 Å². The molecule has 0 aromatic carbocycles. The Bertz CT molecular complexity index is 329. The molecule has 14 heavy (non-hydrogen) atoms. The normalized spacial score (nSPS) is 24.1. The van der Waals surface area contributed by atoms with E-state index in [-0.39, 0.29) is 5.96 Å². The summed E-state index contributed by atoms with van der Waals surface area (Å²) in [6.45, 7) is 0. The monoisotopic (exact) mass is 235 g/mol. The van der Waals surface area contributed by atoms with E-state index in [9.17, 15) is 4.79 Å². The lowest BCUT2D eigenvalue weighted by Crippen LogP contribution is -2.43. The van der Waals surface area contributed by atoms with Gasteiger partial charge in [-0.1, -0.05) is 17.7 Å². The summed E-state index contributed by atoms with van der Waals surface area (Å²) < 4.78 is 0.487. The van der Waals surface area contributed by atoms with Crippen molar-refractivity contribution in [2.45, 2.75) is 5.37 Å². The predicted molar refractivity (Wildman–Crippen MR) is 58.5 cm³/mol. The number of aliphatic carboxylic acids is 1. The van der Waals surface area contributed by atoms with Crippen LogP contribution in [0, 0.1) is 5.41 Å². The van der Waals surface area contributed by atoms with Crippen LogP contribution in [0.15, 0.2) is 21.9 Å². The lowest BCUT2D eigenvalue weighted by Gasteiger charge is -2.23. The Morgan fingerprint density at radius 1 is 1.79 bits per heavy atom. The van der Waals surface area contributed by atoms with Gasteiger partial charge in [0.1, 0.15) is 0 Å². The van der Waals surface area contributed by atoms with Crippen LogP contribution in [0.1, 0.15) is 0 Å². The second-order valence-corrected chi connectivity index (χ2v) is 5.32. The summed E-state index contributed by atoms with van der Waals surface area (Å²) in [6, 6.07) is 0. The van der Waals surface area contributed by atoms with Gasteiger partial charge in [0.15, 0.2) is 11.3 Å². The van der Waals surface area contributed by atoms with Gasteiger partial charge in [0, 0.05) is 0 Å². The maximum absolute atomic E-state index is 10.8. The molecule has 0 aromatic heterocycles. The number of thiol groups is 1. The molecule has 78 valence electrons. The number of hydrogen-bond acceptors (Lipinski definition) is 2. The molecule has 5 nitrogen and oxygen atoms in total. The highest BCUT2D eigenvalue weighted by molar-refractivity contribution is 8.25. The Hall–Kier alpha value is -1.14. The number of hydrogen-bond donors (Lipinski definition) is 5. The van der Waals surface area contributed by atoms with Crippen molar-refractivity contribution in [2.75, 3.05) is 0 Å². The molecule has 0 radical (unpaired) electrons. The Labute approximate surface area is 88.5 Å². The van der Waals surface area contributed by atoms with Crippen molar-refractivity contribution in [2.24, 2.45) is 5.73 Å². The zero-order chi connectivity index (χ0) is 10.7. The third-order valence-electron chi connectivity index (χ3n) is 1.53. The van der Waals surface area contributed by atoms with Gasteiger partial charge in [0.2, 0.25) is 0 Å². The molecule has 0 spiro atoms. The number of halogens is 1. The number of nitrogens with one attached hydrogen (secondary N) is 2. The molecule has 0 saturated carbocycles. The first-order valence-corrected chi connectivity index (χ1v) is 5.54. The number of carbonyl (C=O) groups is 1. The van der Waals surface area contributed by atoms with Crippen LogP contribution in [0.25, 0.3) is 0 Å². The van der Waals surface area contributed by atoms with Crippen molar-refractivity contribution in [3.05, 3.63) is 21.9 Å². The fourth-order valence-corrected chi connectivity index (χ4v) is 3.12. The van der Waals surface area contributed by atoms with E-state index in [0.717, 1.165) is 0 Å². The van der Waals surface area contributed by atoms with Gasteiger partial charge in [0.05, 0.1) is 4.36 Å². The number of carboxylic acid groups (broad SMARTS) is 1. The first-order valence-electron chi connectivity index (χ1n) is 3.68. The Kier molecular flexibility index (Phi) is 3.43. The summed E-state index contributed by atoms with van der Waals surface area (Å²) >= 11 is 5.81. The quantitative estimate of drug-likeness (QED) is 0.279. The van der Waals surface area contributed by atoms with Crippen LogP contribution in [0.2, 0.25) is 0 Å². The molecule has 0 aliphatic carbocycles. The van der Waals surface area contributed by atoms with E-state index in [2.05, 4.69) is 5.32 Å². The van der Waals surface area contributed by atoms with Crippen molar-refractivity contribution in [1.29, 1.82) is 5.41 Å². The molecule has 0 aromatic rings. The van der Waals surface area contributed by atoms with Crippen molar-refractivity contribution in [3.8, 4) is 0 Å². The predicted octanol–water partition coefficient (Wildman–Crippen LogP) is 0.489. The second-order valence-electron chi connectivity index (χ2n) is 2.54. The zero-order valence-corrected chi connectivity index (χ0v) is 8.72. The second kappa shape index (κ2) is 4.39. The minimum atomic E-state index is -1.13. The molecule has 7 heteroatoms. The smallest absolute Gasteiger partial charge is 0.335 e. The van der Waals surface area contributed by atoms with Crippen molar-refractivity contribution >= 4 is 34.4 Å². The molecule has 0 bridgehead atoms. The van der Waals surface area contributed by atoms with E-state index in [1.165, 1.54) is 0 Å². The highest BCUT2D eigenvalue weighted by Crippen LogP contribution is 2.46. The fourth-order valence-electron chi connectivity index (χ4n) is 0.979. The average molecular weight is 236 g/mol. The van der Waals surface area contributed by atoms with E-state index in [1.54, 1.807) is 17.6 Å². The zero-order valence-electron chi connectivity index (χ0n) is 7.07. The molecule has 0 amide bonds. The highest BCUT2D eigenvalue weighted by atomic mass is 35.5. The van der Waals surface area contributed by atoms with E-state index >= 15 is 0 Å². The topological polar surface area (TPSA) is 99.2 Å². The van der Waals surface area contributed by atoms with Crippen LogP contribution in [0.3, 0.4) is 0 Å². The Morgan fingerprint density at radius 2 is 2.43 bits per heavy atom. The molecule has 2 unspecified atom stereocenters. The Morgan fingerprint density at radius 3 is 2.79 bits per heavy atom. The van der Waals surface area contributed by atoms with Crippen molar-refractivity contribution < 1.29 is 9.90 Å². The first-order chi connectivity index (χ1) is 6.52. The minimum Gasteiger partial charge on any atom is -0.479 e. The largest absolute Gasteiger partial charge is 0.479 e. The van der Waals surface area contributed by atoms with Gasteiger partial charge in [-0.2, -0.15) is 10.9 Å². The maximum atomic E-state index is 10.8. The summed E-state index contributed by atoms with van der Waals surface area (Å²) in [5.74, 6) is -1.44.